The van der Waals surface area contributed by atoms with Crippen LogP contribution in [0.2, 0.25) is 13.1 Å². The second-order valence-electron chi connectivity index (χ2n) is 6.23. The van der Waals surface area contributed by atoms with Gasteiger partial charge in [0, 0.05) is 12.2 Å². The van der Waals surface area contributed by atoms with Crippen molar-refractivity contribution in [2.24, 2.45) is 5.92 Å². The summed E-state index contributed by atoms with van der Waals surface area (Å²) in [6, 6.07) is 0. The van der Waals surface area contributed by atoms with Crippen LogP contribution in [-0.2, 0) is 14.3 Å². The Morgan fingerprint density at radius 1 is 1.42 bits per heavy atom. The molecule has 0 radical (unpaired) electrons. The zero-order chi connectivity index (χ0) is 14.5. The topological polar surface area (TPSA) is 35.5 Å². The largest absolute Gasteiger partial charge is 0.462 e. The van der Waals surface area contributed by atoms with Crippen LogP contribution in [0, 0.1) is 5.92 Å². The predicted octanol–water partition coefficient (Wildman–Crippen LogP) is 3.10. The molecular formula is C15H28O3Si. The highest BCUT2D eigenvalue weighted by Gasteiger charge is 2.35. The molecule has 0 saturated carbocycles. The van der Waals surface area contributed by atoms with Gasteiger partial charge in [-0.2, -0.15) is 0 Å². The second kappa shape index (κ2) is 7.24. The van der Waals surface area contributed by atoms with Gasteiger partial charge in [0.25, 0.3) is 0 Å². The minimum absolute atomic E-state index is 0.154. The van der Waals surface area contributed by atoms with Crippen LogP contribution in [0.4, 0.5) is 0 Å². The lowest BCUT2D eigenvalue weighted by Gasteiger charge is -2.38. The van der Waals surface area contributed by atoms with Crippen LogP contribution < -0.4 is 0 Å². The number of rotatable bonds is 5. The Labute approximate surface area is 119 Å². The van der Waals surface area contributed by atoms with Crippen LogP contribution in [0.3, 0.4) is 0 Å². The second-order valence-corrected chi connectivity index (χ2v) is 9.52. The zero-order valence-electron chi connectivity index (χ0n) is 13.0. The van der Waals surface area contributed by atoms with Gasteiger partial charge in [-0.3, -0.25) is 0 Å². The van der Waals surface area contributed by atoms with E-state index in [1.807, 2.05) is 26.8 Å². The van der Waals surface area contributed by atoms with Gasteiger partial charge in [-0.05, 0) is 38.2 Å². The van der Waals surface area contributed by atoms with Gasteiger partial charge in [0.15, 0.2) is 0 Å². The number of hydrogen-bond acceptors (Lipinski definition) is 3. The van der Waals surface area contributed by atoms with Gasteiger partial charge in [0.1, 0.15) is 0 Å². The van der Waals surface area contributed by atoms with E-state index in [4.69, 9.17) is 9.47 Å². The fraction of sp³-hybridized carbons (Fsp3) is 0.800. The molecule has 1 heterocycles. The monoisotopic (exact) mass is 284 g/mol. The summed E-state index contributed by atoms with van der Waals surface area (Å²) in [5.41, 5.74) is 0.698. The molecule has 110 valence electrons. The summed E-state index contributed by atoms with van der Waals surface area (Å²) >= 11 is 0. The van der Waals surface area contributed by atoms with E-state index in [9.17, 15) is 4.79 Å². The van der Waals surface area contributed by atoms with Gasteiger partial charge < -0.3 is 9.47 Å². The molecule has 0 aromatic rings. The SMILES string of the molecule is CC(=CC1([SiH](C)C)CCCCO1)C(=O)OCC(C)C. The zero-order valence-corrected chi connectivity index (χ0v) is 14.1. The van der Waals surface area contributed by atoms with Crippen LogP contribution in [0.1, 0.15) is 40.0 Å². The Balaban J connectivity index is 2.75. The molecule has 0 N–H and O–H groups in total. The minimum atomic E-state index is -1.03. The van der Waals surface area contributed by atoms with E-state index in [0.29, 0.717) is 18.1 Å². The first kappa shape index (κ1) is 16.4. The third-order valence-corrected chi connectivity index (χ3v) is 6.22. The molecule has 4 heteroatoms. The summed E-state index contributed by atoms with van der Waals surface area (Å²) in [6.45, 7) is 11.8. The van der Waals surface area contributed by atoms with E-state index in [1.165, 1.54) is 6.42 Å². The van der Waals surface area contributed by atoms with Crippen LogP contribution in [0.25, 0.3) is 0 Å². The van der Waals surface area contributed by atoms with Crippen molar-refractivity contribution in [3.05, 3.63) is 11.6 Å². The maximum Gasteiger partial charge on any atom is 0.333 e. The van der Waals surface area contributed by atoms with Crippen molar-refractivity contribution in [3.8, 4) is 0 Å². The summed E-state index contributed by atoms with van der Waals surface area (Å²) in [7, 11) is -1.03. The van der Waals surface area contributed by atoms with Gasteiger partial charge >= 0.3 is 5.97 Å². The van der Waals surface area contributed by atoms with Gasteiger partial charge in [-0.1, -0.05) is 26.9 Å². The number of esters is 1. The van der Waals surface area contributed by atoms with Crippen LogP contribution in [0.15, 0.2) is 11.6 Å². The lowest BCUT2D eigenvalue weighted by Crippen LogP contribution is -2.46. The highest BCUT2D eigenvalue weighted by Crippen LogP contribution is 2.30. The van der Waals surface area contributed by atoms with Crippen LogP contribution in [0.5, 0.6) is 0 Å². The molecule has 0 amide bonds. The van der Waals surface area contributed by atoms with Crippen molar-refractivity contribution in [2.75, 3.05) is 13.2 Å². The minimum Gasteiger partial charge on any atom is -0.462 e. The van der Waals surface area contributed by atoms with E-state index in [-0.39, 0.29) is 11.2 Å². The molecule has 0 spiro atoms. The molecule has 1 aliphatic heterocycles. The molecule has 1 saturated heterocycles. The predicted molar refractivity (Wildman–Crippen MR) is 81.0 cm³/mol. The first-order chi connectivity index (χ1) is 8.87. The smallest absolute Gasteiger partial charge is 0.333 e. The number of hydrogen-bond donors (Lipinski definition) is 0. The van der Waals surface area contributed by atoms with E-state index in [2.05, 4.69) is 13.1 Å². The Bertz CT molecular complexity index is 328. The molecule has 1 unspecified atom stereocenters. The fourth-order valence-corrected chi connectivity index (χ4v) is 4.17. The van der Waals surface area contributed by atoms with Crippen molar-refractivity contribution in [2.45, 2.75) is 58.4 Å². The summed E-state index contributed by atoms with van der Waals surface area (Å²) in [4.78, 5) is 12.0. The van der Waals surface area contributed by atoms with Crippen molar-refractivity contribution in [1.29, 1.82) is 0 Å². The van der Waals surface area contributed by atoms with Gasteiger partial charge in [-0.15, -0.1) is 0 Å². The molecule has 0 aromatic heterocycles. The molecule has 1 fully saturated rings. The highest BCUT2D eigenvalue weighted by atomic mass is 28.3. The number of ether oxygens (including phenoxy) is 2. The third kappa shape index (κ3) is 4.77. The van der Waals surface area contributed by atoms with E-state index < -0.39 is 8.80 Å². The maximum absolute atomic E-state index is 12.0. The van der Waals surface area contributed by atoms with Crippen LogP contribution >= 0.6 is 0 Å². The van der Waals surface area contributed by atoms with Gasteiger partial charge in [-0.25, -0.2) is 4.79 Å². The van der Waals surface area contributed by atoms with Crippen molar-refractivity contribution in [1.82, 2.24) is 0 Å². The average Bonchev–Trinajstić information content (AvgIpc) is 2.36. The molecule has 1 atom stereocenters. The average molecular weight is 284 g/mol. The first-order valence-electron chi connectivity index (χ1n) is 7.38. The van der Waals surface area contributed by atoms with Crippen molar-refractivity contribution >= 4 is 14.8 Å². The normalized spacial score (nSPS) is 24.9. The number of carbonyl (C=O) groups is 1. The van der Waals surface area contributed by atoms with E-state index in [0.717, 1.165) is 19.4 Å². The standard InChI is InChI=1S/C15H28O3Si/c1-12(2)11-17-14(16)13(3)10-15(19(4)5)8-6-7-9-18-15/h10,12,19H,6-9,11H2,1-5H3. The van der Waals surface area contributed by atoms with Crippen molar-refractivity contribution < 1.29 is 14.3 Å². The van der Waals surface area contributed by atoms with E-state index in [1.54, 1.807) is 0 Å². The molecule has 3 nitrogen and oxygen atoms in total. The molecule has 1 aliphatic rings. The third-order valence-electron chi connectivity index (χ3n) is 3.64. The Hall–Kier alpha value is -0.613. The van der Waals surface area contributed by atoms with Crippen LogP contribution in [-0.4, -0.2) is 33.2 Å². The molecule has 0 aliphatic carbocycles. The molecule has 19 heavy (non-hydrogen) atoms. The summed E-state index contributed by atoms with van der Waals surface area (Å²) in [5, 5.41) is -0.154. The molecule has 0 aromatic carbocycles. The highest BCUT2D eigenvalue weighted by molar-refractivity contribution is 6.60. The van der Waals surface area contributed by atoms with E-state index >= 15 is 0 Å². The Morgan fingerprint density at radius 2 is 2.11 bits per heavy atom. The Kier molecular flexibility index (Phi) is 6.27. The lowest BCUT2D eigenvalue weighted by molar-refractivity contribution is -0.140. The fourth-order valence-electron chi connectivity index (χ4n) is 2.36. The quantitative estimate of drug-likeness (QED) is 0.442. The summed E-state index contributed by atoms with van der Waals surface area (Å²) in [5.74, 6) is 0.174. The summed E-state index contributed by atoms with van der Waals surface area (Å²) < 4.78 is 11.3. The Morgan fingerprint density at radius 3 is 2.58 bits per heavy atom. The summed E-state index contributed by atoms with van der Waals surface area (Å²) in [6.07, 6.45) is 5.42. The first-order valence-corrected chi connectivity index (χ1v) is 10.3. The molecular weight excluding hydrogens is 256 g/mol. The maximum atomic E-state index is 12.0. The van der Waals surface area contributed by atoms with Crippen molar-refractivity contribution in [3.63, 3.8) is 0 Å². The number of carbonyl (C=O) groups excluding carboxylic acids is 1. The van der Waals surface area contributed by atoms with Gasteiger partial charge in [0.05, 0.1) is 20.6 Å². The molecule has 1 rings (SSSR count). The molecule has 0 bridgehead atoms. The lowest BCUT2D eigenvalue weighted by atomic mass is 10.1. The van der Waals surface area contributed by atoms with Gasteiger partial charge in [0.2, 0.25) is 0 Å².